The van der Waals surface area contributed by atoms with Gasteiger partial charge in [-0.3, -0.25) is 4.79 Å². The minimum absolute atomic E-state index is 0.186. The zero-order valence-electron chi connectivity index (χ0n) is 11.5. The maximum atomic E-state index is 11.0. The molecule has 106 valence electrons. The van der Waals surface area contributed by atoms with Gasteiger partial charge < -0.3 is 14.8 Å². The third kappa shape index (κ3) is 2.15. The Balaban J connectivity index is 1.92. The minimum atomic E-state index is -0.668. The average molecular weight is 273 g/mol. The first-order chi connectivity index (χ1) is 9.56. The summed E-state index contributed by atoms with van der Waals surface area (Å²) in [5, 5.41) is 19.8. The number of nitrogens with zero attached hydrogens (tertiary/aromatic N) is 1. The molecule has 1 aliphatic rings. The molecule has 4 heteroatoms. The second-order valence-corrected chi connectivity index (χ2v) is 5.78. The molecule has 1 fully saturated rings. The van der Waals surface area contributed by atoms with Crippen LogP contribution in [0, 0.1) is 5.92 Å². The van der Waals surface area contributed by atoms with Crippen molar-refractivity contribution >= 4 is 16.9 Å². The van der Waals surface area contributed by atoms with Crippen molar-refractivity contribution < 1.29 is 15.0 Å². The van der Waals surface area contributed by atoms with Crippen LogP contribution in [0.5, 0.6) is 5.75 Å². The topological polar surface area (TPSA) is 62.5 Å². The van der Waals surface area contributed by atoms with Crippen LogP contribution >= 0.6 is 0 Å². The Labute approximate surface area is 117 Å². The van der Waals surface area contributed by atoms with E-state index < -0.39 is 5.97 Å². The van der Waals surface area contributed by atoms with E-state index in [1.807, 2.05) is 19.2 Å². The molecule has 1 aromatic heterocycles. The Hall–Kier alpha value is -1.97. The lowest BCUT2D eigenvalue weighted by atomic mass is 9.78. The third-order valence-corrected chi connectivity index (χ3v) is 4.52. The van der Waals surface area contributed by atoms with Crippen LogP contribution in [0.25, 0.3) is 10.9 Å². The number of fused-ring (bicyclic) bond motifs is 1. The maximum Gasteiger partial charge on any atom is 0.306 e. The molecule has 0 bridgehead atoms. The highest BCUT2D eigenvalue weighted by Gasteiger charge is 2.28. The summed E-state index contributed by atoms with van der Waals surface area (Å²) in [6.07, 6.45) is 5.43. The number of aromatic nitrogens is 1. The quantitative estimate of drug-likeness (QED) is 0.883. The minimum Gasteiger partial charge on any atom is -0.508 e. The Morgan fingerprint density at radius 2 is 1.95 bits per heavy atom. The molecule has 0 aliphatic heterocycles. The number of hydrogen-bond acceptors (Lipinski definition) is 2. The number of carbonyl (C=O) groups is 1. The van der Waals surface area contributed by atoms with E-state index in [1.165, 1.54) is 5.56 Å². The number of phenols is 1. The van der Waals surface area contributed by atoms with Gasteiger partial charge >= 0.3 is 5.97 Å². The number of carboxylic acid groups (broad SMARTS) is 1. The van der Waals surface area contributed by atoms with Crippen molar-refractivity contribution in [1.29, 1.82) is 0 Å². The third-order valence-electron chi connectivity index (χ3n) is 4.52. The second-order valence-electron chi connectivity index (χ2n) is 5.78. The fraction of sp³-hybridized carbons (Fsp3) is 0.438. The smallest absolute Gasteiger partial charge is 0.306 e. The molecule has 3 rings (SSSR count). The van der Waals surface area contributed by atoms with E-state index in [9.17, 15) is 9.90 Å². The molecule has 0 spiro atoms. The lowest BCUT2D eigenvalue weighted by Crippen LogP contribution is -2.20. The van der Waals surface area contributed by atoms with E-state index in [0.29, 0.717) is 5.92 Å². The van der Waals surface area contributed by atoms with E-state index in [4.69, 9.17) is 5.11 Å². The Bertz CT molecular complexity index is 651. The summed E-state index contributed by atoms with van der Waals surface area (Å²) in [6.45, 7) is 0. The van der Waals surface area contributed by atoms with Gasteiger partial charge in [0.05, 0.1) is 5.92 Å². The number of aromatic hydroxyl groups is 1. The number of rotatable bonds is 2. The molecule has 4 nitrogen and oxygen atoms in total. The van der Waals surface area contributed by atoms with Gasteiger partial charge in [0.1, 0.15) is 5.75 Å². The first-order valence-electron chi connectivity index (χ1n) is 7.07. The fourth-order valence-electron chi connectivity index (χ4n) is 3.39. The van der Waals surface area contributed by atoms with Gasteiger partial charge in [-0.15, -0.1) is 0 Å². The summed E-state index contributed by atoms with van der Waals surface area (Å²) in [5.41, 5.74) is 2.35. The van der Waals surface area contributed by atoms with Crippen molar-refractivity contribution in [3.63, 3.8) is 0 Å². The van der Waals surface area contributed by atoms with Crippen molar-refractivity contribution in [3.8, 4) is 5.75 Å². The Morgan fingerprint density at radius 1 is 1.25 bits per heavy atom. The van der Waals surface area contributed by atoms with E-state index in [-0.39, 0.29) is 11.7 Å². The highest BCUT2D eigenvalue weighted by molar-refractivity contribution is 5.86. The number of hydrogen-bond donors (Lipinski definition) is 2. The van der Waals surface area contributed by atoms with Gasteiger partial charge in [0, 0.05) is 24.1 Å². The van der Waals surface area contributed by atoms with E-state index in [2.05, 4.69) is 10.8 Å². The molecule has 0 radical (unpaired) electrons. The lowest BCUT2D eigenvalue weighted by molar-refractivity contribution is -0.142. The van der Waals surface area contributed by atoms with Gasteiger partial charge in [0.25, 0.3) is 0 Å². The standard InChI is InChI=1S/C16H19NO3/c1-17-9-14(13-8-12(18)6-7-15(13)17)10-2-4-11(5-3-10)16(19)20/h6-11,18H,2-5H2,1H3,(H,19,20). The van der Waals surface area contributed by atoms with Crippen LogP contribution in [0.3, 0.4) is 0 Å². The molecule has 2 N–H and O–H groups in total. The van der Waals surface area contributed by atoms with Crippen LogP contribution < -0.4 is 0 Å². The average Bonchev–Trinajstić information content (AvgIpc) is 2.75. The van der Waals surface area contributed by atoms with Crippen molar-refractivity contribution in [2.75, 3.05) is 0 Å². The zero-order valence-corrected chi connectivity index (χ0v) is 11.5. The molecular weight excluding hydrogens is 254 g/mol. The first-order valence-corrected chi connectivity index (χ1v) is 7.07. The van der Waals surface area contributed by atoms with Crippen LogP contribution in [-0.2, 0) is 11.8 Å². The summed E-state index contributed by atoms with van der Waals surface area (Å²) in [4.78, 5) is 11.0. The molecule has 20 heavy (non-hydrogen) atoms. The summed E-state index contributed by atoms with van der Waals surface area (Å²) in [6, 6.07) is 5.44. The molecule has 0 atom stereocenters. The van der Waals surface area contributed by atoms with Crippen LogP contribution in [0.15, 0.2) is 24.4 Å². The molecule has 1 saturated carbocycles. The second kappa shape index (κ2) is 4.85. The predicted octanol–water partition coefficient (Wildman–Crippen LogP) is 3.24. The van der Waals surface area contributed by atoms with Crippen molar-refractivity contribution in [2.24, 2.45) is 13.0 Å². The Kier molecular flexibility index (Phi) is 3.16. The zero-order chi connectivity index (χ0) is 14.3. The van der Waals surface area contributed by atoms with Crippen LogP contribution in [0.4, 0.5) is 0 Å². The SMILES string of the molecule is Cn1cc(C2CCC(C(=O)O)CC2)c2cc(O)ccc21. The number of aliphatic carboxylic acids is 1. The molecular formula is C16H19NO3. The maximum absolute atomic E-state index is 11.0. The largest absolute Gasteiger partial charge is 0.508 e. The number of benzene rings is 1. The fourth-order valence-corrected chi connectivity index (χ4v) is 3.39. The molecule has 0 amide bonds. The van der Waals surface area contributed by atoms with Gasteiger partial charge in [-0.1, -0.05) is 0 Å². The van der Waals surface area contributed by atoms with E-state index in [0.717, 1.165) is 36.6 Å². The molecule has 1 aromatic carbocycles. The summed E-state index contributed by atoms with van der Waals surface area (Å²) < 4.78 is 2.08. The highest BCUT2D eigenvalue weighted by atomic mass is 16.4. The van der Waals surface area contributed by atoms with Gasteiger partial charge in [0.15, 0.2) is 0 Å². The number of phenolic OH excluding ortho intramolecular Hbond substituents is 1. The van der Waals surface area contributed by atoms with Crippen LogP contribution in [0.2, 0.25) is 0 Å². The summed E-state index contributed by atoms with van der Waals surface area (Å²) in [5.74, 6) is -0.172. The summed E-state index contributed by atoms with van der Waals surface area (Å²) in [7, 11) is 2.01. The van der Waals surface area contributed by atoms with Crippen molar-refractivity contribution in [3.05, 3.63) is 30.0 Å². The Morgan fingerprint density at radius 3 is 2.60 bits per heavy atom. The van der Waals surface area contributed by atoms with Crippen LogP contribution in [0.1, 0.15) is 37.2 Å². The highest BCUT2D eigenvalue weighted by Crippen LogP contribution is 2.40. The van der Waals surface area contributed by atoms with Crippen LogP contribution in [-0.4, -0.2) is 20.7 Å². The molecule has 0 saturated heterocycles. The van der Waals surface area contributed by atoms with E-state index in [1.54, 1.807) is 6.07 Å². The van der Waals surface area contributed by atoms with Gasteiger partial charge in [-0.2, -0.15) is 0 Å². The van der Waals surface area contributed by atoms with E-state index >= 15 is 0 Å². The van der Waals surface area contributed by atoms with Crippen molar-refractivity contribution in [1.82, 2.24) is 4.57 Å². The molecule has 1 heterocycles. The van der Waals surface area contributed by atoms with Crippen molar-refractivity contribution in [2.45, 2.75) is 31.6 Å². The monoisotopic (exact) mass is 273 g/mol. The predicted molar refractivity (Wildman–Crippen MR) is 76.9 cm³/mol. The molecule has 1 aliphatic carbocycles. The molecule has 0 unspecified atom stereocenters. The number of carboxylic acids is 1. The van der Waals surface area contributed by atoms with Gasteiger partial charge in [0.2, 0.25) is 0 Å². The first kappa shape index (κ1) is 13.0. The lowest BCUT2D eigenvalue weighted by Gasteiger charge is -2.25. The van der Waals surface area contributed by atoms with Gasteiger partial charge in [-0.05, 0) is 55.4 Å². The summed E-state index contributed by atoms with van der Waals surface area (Å²) >= 11 is 0. The normalized spacial score (nSPS) is 23.1. The number of aryl methyl sites for hydroxylation is 1. The van der Waals surface area contributed by atoms with Gasteiger partial charge in [-0.25, -0.2) is 0 Å². The molecule has 2 aromatic rings.